The van der Waals surface area contributed by atoms with Crippen molar-refractivity contribution < 1.29 is 26.6 Å². The van der Waals surface area contributed by atoms with E-state index < -0.39 is 49.4 Å². The van der Waals surface area contributed by atoms with Crippen LogP contribution in [0.25, 0.3) is 0 Å². The van der Waals surface area contributed by atoms with Crippen molar-refractivity contribution in [2.75, 3.05) is 6.26 Å². The molecule has 0 amide bonds. The second kappa shape index (κ2) is 9.96. The van der Waals surface area contributed by atoms with Crippen LogP contribution in [0, 0.1) is 5.82 Å². The number of rotatable bonds is 5. The lowest BCUT2D eigenvalue weighted by atomic mass is 9.86. The maximum atomic E-state index is 14.2. The first-order valence-corrected chi connectivity index (χ1v) is 13.8. The lowest BCUT2D eigenvalue weighted by Crippen LogP contribution is -2.42. The van der Waals surface area contributed by atoms with E-state index in [-0.39, 0.29) is 12.3 Å². The van der Waals surface area contributed by atoms with Crippen LogP contribution in [0.5, 0.6) is 0 Å². The van der Waals surface area contributed by atoms with Crippen molar-refractivity contribution in [2.24, 2.45) is 9.52 Å². The predicted molar refractivity (Wildman–Crippen MR) is 135 cm³/mol. The molecule has 0 fully saturated rings. The first-order valence-electron chi connectivity index (χ1n) is 10.3. The van der Waals surface area contributed by atoms with Gasteiger partial charge in [0, 0.05) is 27.6 Å². The molecule has 0 saturated heterocycles. The average Bonchev–Trinajstić information content (AvgIpc) is 3.28. The van der Waals surface area contributed by atoms with Crippen LogP contribution in [0.1, 0.15) is 23.1 Å². The Bertz CT molecular complexity index is 1450. The third kappa shape index (κ3) is 5.27. The number of hydrogen-bond donors (Lipinski definition) is 0. The summed E-state index contributed by atoms with van der Waals surface area (Å²) in [4.78, 5) is 5.53. The van der Waals surface area contributed by atoms with Crippen molar-refractivity contribution >= 4 is 54.6 Å². The van der Waals surface area contributed by atoms with E-state index in [4.69, 9.17) is 28.0 Å². The molecular weight excluding hydrogens is 607 g/mol. The first-order chi connectivity index (χ1) is 16.8. The van der Waals surface area contributed by atoms with Crippen LogP contribution in [0.15, 0.2) is 79.6 Å². The fourth-order valence-electron chi connectivity index (χ4n) is 3.62. The Hall–Kier alpha value is -2.14. The van der Waals surface area contributed by atoms with Gasteiger partial charge in [-0.1, -0.05) is 74.6 Å². The third-order valence-corrected chi connectivity index (χ3v) is 8.44. The molecule has 12 heteroatoms. The summed E-state index contributed by atoms with van der Waals surface area (Å²) >= 11 is 14.8. The summed E-state index contributed by atoms with van der Waals surface area (Å²) in [5, 5.41) is 2.58. The molecule has 4 rings (SSSR count). The van der Waals surface area contributed by atoms with Crippen LogP contribution >= 0.6 is 39.1 Å². The normalized spacial score (nSPS) is 19.4. The standard InChI is InChI=1S/C24H17BrCl2F4N2O2S/c1-36(34,18-4-2-3-17(25)11-18)32-13-14-5-7-15(8-6-14)21-12-23(35-33-21,24(29,30)31)16-9-19(26)22(28)20(27)10-16/h2-11H,12-13H2,1H3. The van der Waals surface area contributed by atoms with E-state index in [1.807, 2.05) is 6.07 Å². The quantitative estimate of drug-likeness (QED) is 0.213. The van der Waals surface area contributed by atoms with Crippen molar-refractivity contribution in [2.45, 2.75) is 29.6 Å². The summed E-state index contributed by atoms with van der Waals surface area (Å²) in [6.07, 6.45) is -4.02. The summed E-state index contributed by atoms with van der Waals surface area (Å²) in [5.74, 6) is -1.02. The highest BCUT2D eigenvalue weighted by atomic mass is 79.9. The fraction of sp³-hybridized carbons (Fsp3) is 0.208. The Balaban J connectivity index is 1.57. The monoisotopic (exact) mass is 622 g/mol. The van der Waals surface area contributed by atoms with Crippen LogP contribution in [-0.2, 0) is 26.7 Å². The summed E-state index contributed by atoms with van der Waals surface area (Å²) in [6, 6.07) is 15.2. The van der Waals surface area contributed by atoms with Gasteiger partial charge in [0.15, 0.2) is 5.82 Å². The molecule has 0 saturated carbocycles. The Kier molecular flexibility index (Phi) is 7.45. The van der Waals surface area contributed by atoms with Crippen molar-refractivity contribution in [3.05, 3.63) is 97.7 Å². The van der Waals surface area contributed by atoms with Gasteiger partial charge >= 0.3 is 6.18 Å². The smallest absolute Gasteiger partial charge is 0.374 e. The molecule has 3 aromatic carbocycles. The van der Waals surface area contributed by atoms with Crippen LogP contribution in [0.3, 0.4) is 0 Å². The number of oxime groups is 1. The number of benzene rings is 3. The highest BCUT2D eigenvalue weighted by molar-refractivity contribution is 9.10. The number of nitrogens with zero attached hydrogens (tertiary/aromatic N) is 2. The molecule has 4 nitrogen and oxygen atoms in total. The molecular formula is C24H17BrCl2F4N2O2S. The lowest BCUT2D eigenvalue weighted by molar-refractivity contribution is -0.275. The van der Waals surface area contributed by atoms with E-state index in [0.717, 1.165) is 16.6 Å². The Morgan fingerprint density at radius 1 is 1.11 bits per heavy atom. The summed E-state index contributed by atoms with van der Waals surface area (Å²) < 4.78 is 74.4. The molecule has 2 atom stereocenters. The molecule has 2 unspecified atom stereocenters. The van der Waals surface area contributed by atoms with Gasteiger partial charge in [0.1, 0.15) is 0 Å². The summed E-state index contributed by atoms with van der Waals surface area (Å²) in [7, 11) is -2.65. The molecule has 0 N–H and O–H groups in total. The van der Waals surface area contributed by atoms with Gasteiger partial charge in [-0.05, 0) is 41.5 Å². The van der Waals surface area contributed by atoms with Gasteiger partial charge in [0.2, 0.25) is 0 Å². The van der Waals surface area contributed by atoms with E-state index in [0.29, 0.717) is 16.0 Å². The molecule has 36 heavy (non-hydrogen) atoms. The van der Waals surface area contributed by atoms with Crippen LogP contribution in [0.4, 0.5) is 17.6 Å². The van der Waals surface area contributed by atoms with Gasteiger partial charge in [-0.15, -0.1) is 0 Å². The van der Waals surface area contributed by atoms with Gasteiger partial charge in [-0.2, -0.15) is 13.2 Å². The van der Waals surface area contributed by atoms with Crippen LogP contribution < -0.4 is 0 Å². The zero-order valence-corrected chi connectivity index (χ0v) is 22.4. The van der Waals surface area contributed by atoms with Gasteiger partial charge < -0.3 is 4.84 Å². The van der Waals surface area contributed by atoms with Gasteiger partial charge in [0.25, 0.3) is 5.60 Å². The Labute approximate surface area is 223 Å². The van der Waals surface area contributed by atoms with Crippen molar-refractivity contribution in [3.63, 3.8) is 0 Å². The van der Waals surface area contributed by atoms with E-state index in [2.05, 4.69) is 25.4 Å². The maximum Gasteiger partial charge on any atom is 0.435 e. The van der Waals surface area contributed by atoms with Crippen LogP contribution in [-0.4, -0.2) is 22.4 Å². The van der Waals surface area contributed by atoms with Crippen molar-refractivity contribution in [1.82, 2.24) is 0 Å². The van der Waals surface area contributed by atoms with E-state index >= 15 is 0 Å². The van der Waals surface area contributed by atoms with Gasteiger partial charge in [-0.3, -0.25) is 0 Å². The molecule has 3 aromatic rings. The number of alkyl halides is 3. The Morgan fingerprint density at radius 3 is 2.33 bits per heavy atom. The lowest BCUT2D eigenvalue weighted by Gasteiger charge is -2.29. The predicted octanol–water partition coefficient (Wildman–Crippen LogP) is 8.13. The molecule has 0 bridgehead atoms. The molecule has 1 aliphatic rings. The van der Waals surface area contributed by atoms with Gasteiger partial charge in [0.05, 0.1) is 32.0 Å². The highest BCUT2D eigenvalue weighted by Crippen LogP contribution is 2.50. The highest BCUT2D eigenvalue weighted by Gasteiger charge is 2.62. The molecule has 0 aliphatic carbocycles. The molecule has 1 heterocycles. The third-order valence-electron chi connectivity index (χ3n) is 5.65. The van der Waals surface area contributed by atoms with Crippen LogP contribution in [0.2, 0.25) is 10.0 Å². The Morgan fingerprint density at radius 2 is 1.75 bits per heavy atom. The molecule has 1 aliphatic heterocycles. The SMILES string of the molecule is CS(=O)(=NCc1ccc(C2=NOC(c3cc(Cl)c(F)c(Cl)c3)(C(F)(F)F)C2)cc1)c1cccc(Br)c1. The molecule has 0 spiro atoms. The summed E-state index contributed by atoms with van der Waals surface area (Å²) in [6.45, 7) is 0.143. The summed E-state index contributed by atoms with van der Waals surface area (Å²) in [5.41, 5.74) is -2.17. The molecule has 0 aromatic heterocycles. The largest absolute Gasteiger partial charge is 0.435 e. The molecule has 190 valence electrons. The fourth-order valence-corrected chi connectivity index (χ4v) is 5.88. The first kappa shape index (κ1) is 26.9. The topological polar surface area (TPSA) is 51.0 Å². The van der Waals surface area contributed by atoms with E-state index in [1.165, 1.54) is 0 Å². The zero-order chi connectivity index (χ0) is 26.3. The minimum atomic E-state index is -4.89. The minimum Gasteiger partial charge on any atom is -0.374 e. The maximum absolute atomic E-state index is 14.2. The van der Waals surface area contributed by atoms with E-state index in [9.17, 15) is 21.8 Å². The number of halogens is 7. The average molecular weight is 624 g/mol. The van der Waals surface area contributed by atoms with Crippen molar-refractivity contribution in [3.8, 4) is 0 Å². The van der Waals surface area contributed by atoms with E-state index in [1.54, 1.807) is 48.7 Å². The second-order valence-electron chi connectivity index (χ2n) is 8.13. The van der Waals surface area contributed by atoms with Gasteiger partial charge in [-0.25, -0.2) is 13.0 Å². The second-order valence-corrected chi connectivity index (χ2v) is 12.2. The number of hydrogen-bond acceptors (Lipinski definition) is 4. The molecule has 0 radical (unpaired) electrons. The van der Waals surface area contributed by atoms with Crippen molar-refractivity contribution in [1.29, 1.82) is 0 Å². The zero-order valence-electron chi connectivity index (χ0n) is 18.5. The minimum absolute atomic E-state index is 0.0424.